The summed E-state index contributed by atoms with van der Waals surface area (Å²) in [6.07, 6.45) is 2.30. The van der Waals surface area contributed by atoms with Gasteiger partial charge in [-0.25, -0.2) is 12.8 Å². The molecule has 0 aliphatic rings. The number of carbonyl (C=O) groups is 1. The van der Waals surface area contributed by atoms with Crippen LogP contribution in [0, 0.1) is 5.82 Å². The minimum absolute atomic E-state index is 0.0214. The maximum Gasteiger partial charge on any atom is 0.310 e. The standard InChI is InChI=1S/C11H14FNO4S/c1-7(11(14)15)8-5-9(12)10(13-6-8)3-4-18(2,16)17/h5-7H,3-4H2,1-2H3,(H,14,15). The summed E-state index contributed by atoms with van der Waals surface area (Å²) in [5, 5.41) is 8.78. The average molecular weight is 275 g/mol. The molecule has 7 heteroatoms. The van der Waals surface area contributed by atoms with Crippen LogP contribution in [0.2, 0.25) is 0 Å². The molecule has 1 aromatic heterocycles. The summed E-state index contributed by atoms with van der Waals surface area (Å²) in [6.45, 7) is 1.43. The van der Waals surface area contributed by atoms with Gasteiger partial charge in [-0.3, -0.25) is 9.78 Å². The summed E-state index contributed by atoms with van der Waals surface area (Å²) in [6, 6.07) is 1.09. The molecular formula is C11H14FNO4S. The minimum atomic E-state index is -3.18. The van der Waals surface area contributed by atoms with E-state index in [-0.39, 0.29) is 23.4 Å². The summed E-state index contributed by atoms with van der Waals surface area (Å²) in [7, 11) is -3.18. The van der Waals surface area contributed by atoms with Gasteiger partial charge in [-0.2, -0.15) is 0 Å². The Morgan fingerprint density at radius 1 is 1.56 bits per heavy atom. The van der Waals surface area contributed by atoms with Crippen LogP contribution < -0.4 is 0 Å². The van der Waals surface area contributed by atoms with Crippen molar-refractivity contribution in [3.8, 4) is 0 Å². The molecule has 0 amide bonds. The number of hydrogen-bond acceptors (Lipinski definition) is 4. The van der Waals surface area contributed by atoms with Gasteiger partial charge in [0.2, 0.25) is 0 Å². The van der Waals surface area contributed by atoms with Gasteiger partial charge in [-0.1, -0.05) is 0 Å². The number of halogens is 1. The molecule has 0 fully saturated rings. The van der Waals surface area contributed by atoms with Crippen molar-refractivity contribution >= 4 is 15.8 Å². The van der Waals surface area contributed by atoms with Gasteiger partial charge < -0.3 is 5.11 Å². The molecule has 0 aromatic carbocycles. The fourth-order valence-corrected chi connectivity index (χ4v) is 1.89. The zero-order chi connectivity index (χ0) is 13.9. The fraction of sp³-hybridized carbons (Fsp3) is 0.455. The van der Waals surface area contributed by atoms with Crippen LogP contribution in [-0.4, -0.2) is 36.5 Å². The highest BCUT2D eigenvalue weighted by Gasteiger charge is 2.16. The van der Waals surface area contributed by atoms with Crippen molar-refractivity contribution < 1.29 is 22.7 Å². The Morgan fingerprint density at radius 2 is 2.17 bits per heavy atom. The number of sulfone groups is 1. The number of hydrogen-bond donors (Lipinski definition) is 1. The number of carboxylic acids is 1. The lowest BCUT2D eigenvalue weighted by atomic mass is 10.0. The minimum Gasteiger partial charge on any atom is -0.481 e. The first-order valence-electron chi connectivity index (χ1n) is 5.25. The normalized spacial score (nSPS) is 13.3. The maximum atomic E-state index is 13.6. The lowest BCUT2D eigenvalue weighted by Gasteiger charge is -2.08. The van der Waals surface area contributed by atoms with Crippen molar-refractivity contribution in [2.75, 3.05) is 12.0 Å². The van der Waals surface area contributed by atoms with Crippen LogP contribution in [-0.2, 0) is 21.1 Å². The molecule has 1 heterocycles. The van der Waals surface area contributed by atoms with E-state index in [2.05, 4.69) is 4.98 Å². The first kappa shape index (κ1) is 14.6. The van der Waals surface area contributed by atoms with Crippen molar-refractivity contribution in [2.45, 2.75) is 19.3 Å². The van der Waals surface area contributed by atoms with Gasteiger partial charge in [0.1, 0.15) is 15.7 Å². The van der Waals surface area contributed by atoms with Crippen LogP contribution in [0.15, 0.2) is 12.3 Å². The third-order valence-corrected chi connectivity index (χ3v) is 3.46. The molecule has 0 spiro atoms. The van der Waals surface area contributed by atoms with E-state index in [1.807, 2.05) is 0 Å². The predicted molar refractivity (Wildman–Crippen MR) is 63.7 cm³/mol. The first-order valence-corrected chi connectivity index (χ1v) is 7.31. The van der Waals surface area contributed by atoms with Crippen LogP contribution in [0.4, 0.5) is 4.39 Å². The first-order chi connectivity index (χ1) is 8.20. The Bertz CT molecular complexity index is 556. The number of nitrogens with zero attached hydrogens (tertiary/aromatic N) is 1. The number of aliphatic carboxylic acids is 1. The Morgan fingerprint density at radius 3 is 2.61 bits per heavy atom. The lowest BCUT2D eigenvalue weighted by Crippen LogP contribution is -2.11. The summed E-state index contributed by atoms with van der Waals surface area (Å²) >= 11 is 0. The molecule has 5 nitrogen and oxygen atoms in total. The number of carboxylic acid groups (broad SMARTS) is 1. The Balaban J connectivity index is 2.90. The third-order valence-electron chi connectivity index (χ3n) is 2.52. The maximum absolute atomic E-state index is 13.6. The molecule has 100 valence electrons. The predicted octanol–water partition coefficient (Wildman–Crippen LogP) is 0.996. The van der Waals surface area contributed by atoms with Crippen molar-refractivity contribution in [1.29, 1.82) is 0 Å². The molecule has 0 saturated carbocycles. The molecule has 0 radical (unpaired) electrons. The molecule has 0 aliphatic heterocycles. The largest absolute Gasteiger partial charge is 0.481 e. The quantitative estimate of drug-likeness (QED) is 0.866. The van der Waals surface area contributed by atoms with Crippen LogP contribution in [0.5, 0.6) is 0 Å². The molecule has 1 unspecified atom stereocenters. The molecular weight excluding hydrogens is 261 g/mol. The van der Waals surface area contributed by atoms with E-state index >= 15 is 0 Å². The highest BCUT2D eigenvalue weighted by atomic mass is 32.2. The molecule has 1 rings (SSSR count). The second-order valence-corrected chi connectivity index (χ2v) is 6.40. The Hall–Kier alpha value is -1.50. The highest BCUT2D eigenvalue weighted by Crippen LogP contribution is 2.17. The molecule has 0 saturated heterocycles. The lowest BCUT2D eigenvalue weighted by molar-refractivity contribution is -0.138. The molecule has 1 atom stereocenters. The van der Waals surface area contributed by atoms with Crippen molar-refractivity contribution in [3.05, 3.63) is 29.3 Å². The van der Waals surface area contributed by atoms with E-state index in [4.69, 9.17) is 5.11 Å². The van der Waals surface area contributed by atoms with E-state index in [0.717, 1.165) is 12.3 Å². The van der Waals surface area contributed by atoms with Gasteiger partial charge in [0.15, 0.2) is 0 Å². The van der Waals surface area contributed by atoms with Gasteiger partial charge in [-0.15, -0.1) is 0 Å². The van der Waals surface area contributed by atoms with Crippen LogP contribution in [0.25, 0.3) is 0 Å². The number of pyridine rings is 1. The van der Waals surface area contributed by atoms with Crippen molar-refractivity contribution in [3.63, 3.8) is 0 Å². The van der Waals surface area contributed by atoms with E-state index in [9.17, 15) is 17.6 Å². The van der Waals surface area contributed by atoms with E-state index < -0.39 is 27.5 Å². The SMILES string of the molecule is CC(C(=O)O)c1cnc(CCS(C)(=O)=O)c(F)c1. The molecule has 0 aliphatic carbocycles. The fourth-order valence-electron chi connectivity index (χ4n) is 1.33. The number of aromatic nitrogens is 1. The van der Waals surface area contributed by atoms with Crippen molar-refractivity contribution in [1.82, 2.24) is 4.98 Å². The van der Waals surface area contributed by atoms with Crippen LogP contribution in [0.1, 0.15) is 24.1 Å². The summed E-state index contributed by atoms with van der Waals surface area (Å²) in [5.41, 5.74) is 0.282. The molecule has 1 aromatic rings. The van der Waals surface area contributed by atoms with Crippen molar-refractivity contribution in [2.24, 2.45) is 0 Å². The van der Waals surface area contributed by atoms with Gasteiger partial charge in [-0.05, 0) is 18.6 Å². The van der Waals surface area contributed by atoms with Gasteiger partial charge in [0, 0.05) is 18.9 Å². The van der Waals surface area contributed by atoms with E-state index in [0.29, 0.717) is 0 Å². The second-order valence-electron chi connectivity index (χ2n) is 4.14. The molecule has 18 heavy (non-hydrogen) atoms. The molecule has 0 bridgehead atoms. The summed E-state index contributed by atoms with van der Waals surface area (Å²) in [4.78, 5) is 14.5. The second kappa shape index (κ2) is 5.43. The number of aryl methyl sites for hydroxylation is 1. The van der Waals surface area contributed by atoms with Gasteiger partial charge in [0.05, 0.1) is 17.4 Å². The molecule has 1 N–H and O–H groups in total. The van der Waals surface area contributed by atoms with Gasteiger partial charge in [0.25, 0.3) is 0 Å². The summed E-state index contributed by atoms with van der Waals surface area (Å²) < 4.78 is 35.5. The third kappa shape index (κ3) is 4.06. The topological polar surface area (TPSA) is 84.3 Å². The summed E-state index contributed by atoms with van der Waals surface area (Å²) in [5.74, 6) is -2.79. The smallest absolute Gasteiger partial charge is 0.310 e. The van der Waals surface area contributed by atoms with E-state index in [1.54, 1.807) is 0 Å². The zero-order valence-electron chi connectivity index (χ0n) is 10.1. The Kier molecular flexibility index (Phi) is 4.39. The monoisotopic (exact) mass is 275 g/mol. The highest BCUT2D eigenvalue weighted by molar-refractivity contribution is 7.90. The van der Waals surface area contributed by atoms with E-state index in [1.165, 1.54) is 13.1 Å². The van der Waals surface area contributed by atoms with Crippen LogP contribution >= 0.6 is 0 Å². The number of rotatable bonds is 5. The van der Waals surface area contributed by atoms with Crippen LogP contribution in [0.3, 0.4) is 0 Å². The van der Waals surface area contributed by atoms with Gasteiger partial charge >= 0.3 is 5.97 Å². The zero-order valence-corrected chi connectivity index (χ0v) is 10.9. The average Bonchev–Trinajstić information content (AvgIpc) is 2.25. The Labute approximate surface area is 105 Å².